The SMILES string of the molecule is CCCN1CCC(O)c2cc(Cl)nnc21. The van der Waals surface area contributed by atoms with Gasteiger partial charge in [-0.05, 0) is 18.9 Å². The molecule has 0 aliphatic carbocycles. The zero-order valence-corrected chi connectivity index (χ0v) is 9.41. The second-order valence-corrected chi connectivity index (χ2v) is 4.12. The summed E-state index contributed by atoms with van der Waals surface area (Å²) < 4.78 is 0. The van der Waals surface area contributed by atoms with Gasteiger partial charge in [-0.2, -0.15) is 0 Å². The number of hydrogen-bond acceptors (Lipinski definition) is 4. The Morgan fingerprint density at radius 2 is 2.40 bits per heavy atom. The van der Waals surface area contributed by atoms with E-state index in [9.17, 15) is 5.11 Å². The fraction of sp³-hybridized carbons (Fsp3) is 0.600. The maximum atomic E-state index is 9.82. The Kier molecular flexibility index (Phi) is 3.07. The van der Waals surface area contributed by atoms with Crippen molar-refractivity contribution in [2.45, 2.75) is 25.9 Å². The highest BCUT2D eigenvalue weighted by molar-refractivity contribution is 6.29. The zero-order valence-electron chi connectivity index (χ0n) is 8.65. The molecule has 1 aliphatic rings. The molecular formula is C10H14ClN3O. The number of aliphatic hydroxyl groups is 1. The van der Waals surface area contributed by atoms with Gasteiger partial charge in [-0.25, -0.2) is 0 Å². The van der Waals surface area contributed by atoms with Crippen molar-refractivity contribution < 1.29 is 5.11 Å². The lowest BCUT2D eigenvalue weighted by Gasteiger charge is -2.31. The molecule has 0 radical (unpaired) electrons. The van der Waals surface area contributed by atoms with E-state index in [-0.39, 0.29) is 0 Å². The summed E-state index contributed by atoms with van der Waals surface area (Å²) in [5.41, 5.74) is 0.801. The monoisotopic (exact) mass is 227 g/mol. The molecule has 0 saturated carbocycles. The Morgan fingerprint density at radius 3 is 3.13 bits per heavy atom. The first-order valence-corrected chi connectivity index (χ1v) is 5.56. The predicted octanol–water partition coefficient (Wildman–Crippen LogP) is 1.78. The molecule has 82 valence electrons. The van der Waals surface area contributed by atoms with Crippen LogP contribution < -0.4 is 4.90 Å². The molecular weight excluding hydrogens is 214 g/mol. The van der Waals surface area contributed by atoms with Gasteiger partial charge in [0, 0.05) is 18.7 Å². The standard InChI is InChI=1S/C10H14ClN3O/c1-2-4-14-5-3-8(15)7-6-9(11)12-13-10(7)14/h6,8,15H,2-5H2,1H3. The topological polar surface area (TPSA) is 49.2 Å². The number of aliphatic hydroxyl groups excluding tert-OH is 1. The predicted molar refractivity (Wildman–Crippen MR) is 59.1 cm³/mol. The average molecular weight is 228 g/mol. The van der Waals surface area contributed by atoms with Crippen LogP contribution in [0.4, 0.5) is 5.82 Å². The van der Waals surface area contributed by atoms with Crippen LogP contribution in [0, 0.1) is 0 Å². The number of aromatic nitrogens is 2. The van der Waals surface area contributed by atoms with Crippen LogP contribution in [0.5, 0.6) is 0 Å². The van der Waals surface area contributed by atoms with Crippen LogP contribution in [0.1, 0.15) is 31.4 Å². The molecule has 1 unspecified atom stereocenters. The molecule has 0 amide bonds. The van der Waals surface area contributed by atoms with E-state index in [2.05, 4.69) is 22.0 Å². The highest BCUT2D eigenvalue weighted by atomic mass is 35.5. The molecule has 1 aromatic rings. The van der Waals surface area contributed by atoms with Gasteiger partial charge in [0.15, 0.2) is 11.0 Å². The second kappa shape index (κ2) is 4.33. The van der Waals surface area contributed by atoms with E-state index in [1.807, 2.05) is 0 Å². The van der Waals surface area contributed by atoms with Crippen molar-refractivity contribution in [1.82, 2.24) is 10.2 Å². The largest absolute Gasteiger partial charge is 0.388 e. The van der Waals surface area contributed by atoms with Gasteiger partial charge in [-0.3, -0.25) is 0 Å². The molecule has 4 nitrogen and oxygen atoms in total. The van der Waals surface area contributed by atoms with Crippen LogP contribution in [-0.4, -0.2) is 28.4 Å². The van der Waals surface area contributed by atoms with E-state index < -0.39 is 6.10 Å². The molecule has 0 fully saturated rings. The maximum absolute atomic E-state index is 9.82. The van der Waals surface area contributed by atoms with Crippen molar-refractivity contribution in [2.75, 3.05) is 18.0 Å². The number of hydrogen-bond donors (Lipinski definition) is 1. The number of halogens is 1. The summed E-state index contributed by atoms with van der Waals surface area (Å²) in [6.45, 7) is 3.89. The molecule has 0 saturated heterocycles. The van der Waals surface area contributed by atoms with Crippen LogP contribution in [0.25, 0.3) is 0 Å². The Balaban J connectivity index is 2.36. The van der Waals surface area contributed by atoms with E-state index in [1.165, 1.54) is 0 Å². The Morgan fingerprint density at radius 1 is 1.60 bits per heavy atom. The molecule has 5 heteroatoms. The number of rotatable bonds is 2. The molecule has 2 rings (SSSR count). The van der Waals surface area contributed by atoms with E-state index in [0.29, 0.717) is 5.15 Å². The minimum absolute atomic E-state index is 0.339. The number of anilines is 1. The molecule has 0 bridgehead atoms. The highest BCUT2D eigenvalue weighted by Gasteiger charge is 2.25. The number of fused-ring (bicyclic) bond motifs is 1. The summed E-state index contributed by atoms with van der Waals surface area (Å²) in [6.07, 6.45) is 1.33. The fourth-order valence-electron chi connectivity index (χ4n) is 1.89. The van der Waals surface area contributed by atoms with Crippen LogP contribution >= 0.6 is 11.6 Å². The molecule has 1 aliphatic heterocycles. The van der Waals surface area contributed by atoms with Gasteiger partial charge in [-0.1, -0.05) is 18.5 Å². The van der Waals surface area contributed by atoms with Gasteiger partial charge in [-0.15, -0.1) is 10.2 Å². The molecule has 2 heterocycles. The van der Waals surface area contributed by atoms with Gasteiger partial charge in [0.25, 0.3) is 0 Å². The van der Waals surface area contributed by atoms with Crippen LogP contribution in [0.2, 0.25) is 5.15 Å². The normalized spacial score (nSPS) is 20.2. The van der Waals surface area contributed by atoms with Crippen molar-refractivity contribution in [1.29, 1.82) is 0 Å². The lowest BCUT2D eigenvalue weighted by molar-refractivity contribution is 0.163. The zero-order chi connectivity index (χ0) is 10.8. The lowest BCUT2D eigenvalue weighted by atomic mass is 10.0. The Hall–Kier alpha value is -0.870. The van der Waals surface area contributed by atoms with E-state index in [4.69, 9.17) is 11.6 Å². The average Bonchev–Trinajstić information content (AvgIpc) is 2.23. The minimum atomic E-state index is -0.457. The van der Waals surface area contributed by atoms with Crippen molar-refractivity contribution in [3.05, 3.63) is 16.8 Å². The maximum Gasteiger partial charge on any atom is 0.157 e. The summed E-state index contributed by atoms with van der Waals surface area (Å²) in [4.78, 5) is 2.14. The van der Waals surface area contributed by atoms with Crippen LogP contribution in [0.3, 0.4) is 0 Å². The molecule has 1 atom stereocenters. The summed E-state index contributed by atoms with van der Waals surface area (Å²) in [6, 6.07) is 1.70. The fourth-order valence-corrected chi connectivity index (χ4v) is 2.05. The van der Waals surface area contributed by atoms with Crippen LogP contribution in [-0.2, 0) is 0 Å². The first-order chi connectivity index (χ1) is 7.22. The van der Waals surface area contributed by atoms with Gasteiger partial charge in [0.1, 0.15) is 0 Å². The number of nitrogens with zero attached hydrogens (tertiary/aromatic N) is 3. The summed E-state index contributed by atoms with van der Waals surface area (Å²) in [7, 11) is 0. The quantitative estimate of drug-likeness (QED) is 0.837. The smallest absolute Gasteiger partial charge is 0.157 e. The van der Waals surface area contributed by atoms with Gasteiger partial charge < -0.3 is 10.0 Å². The Labute approximate surface area is 93.9 Å². The first kappa shape index (κ1) is 10.6. The third kappa shape index (κ3) is 2.06. The van der Waals surface area contributed by atoms with Gasteiger partial charge in [0.05, 0.1) is 6.10 Å². The summed E-state index contributed by atoms with van der Waals surface area (Å²) in [5, 5.41) is 18.0. The van der Waals surface area contributed by atoms with E-state index in [0.717, 1.165) is 37.3 Å². The molecule has 15 heavy (non-hydrogen) atoms. The highest BCUT2D eigenvalue weighted by Crippen LogP contribution is 2.32. The van der Waals surface area contributed by atoms with Crippen molar-refractivity contribution in [3.63, 3.8) is 0 Å². The van der Waals surface area contributed by atoms with E-state index >= 15 is 0 Å². The van der Waals surface area contributed by atoms with Gasteiger partial charge >= 0.3 is 0 Å². The third-order valence-corrected chi connectivity index (χ3v) is 2.78. The van der Waals surface area contributed by atoms with Crippen molar-refractivity contribution in [3.8, 4) is 0 Å². The van der Waals surface area contributed by atoms with Gasteiger partial charge in [0.2, 0.25) is 0 Å². The second-order valence-electron chi connectivity index (χ2n) is 3.74. The molecule has 1 aromatic heterocycles. The summed E-state index contributed by atoms with van der Waals surface area (Å²) in [5.74, 6) is 0.778. The molecule has 0 aromatic carbocycles. The lowest BCUT2D eigenvalue weighted by Crippen LogP contribution is -2.33. The van der Waals surface area contributed by atoms with Crippen LogP contribution in [0.15, 0.2) is 6.07 Å². The van der Waals surface area contributed by atoms with Crippen molar-refractivity contribution in [2.24, 2.45) is 0 Å². The Bertz CT molecular complexity index is 359. The first-order valence-electron chi connectivity index (χ1n) is 5.18. The molecule has 0 spiro atoms. The van der Waals surface area contributed by atoms with Crippen molar-refractivity contribution >= 4 is 17.4 Å². The molecule has 1 N–H and O–H groups in total. The summed E-state index contributed by atoms with van der Waals surface area (Å²) >= 11 is 5.76. The van der Waals surface area contributed by atoms with E-state index in [1.54, 1.807) is 6.07 Å². The minimum Gasteiger partial charge on any atom is -0.388 e. The third-order valence-electron chi connectivity index (χ3n) is 2.60.